The van der Waals surface area contributed by atoms with Crippen LogP contribution in [0.5, 0.6) is 0 Å². The van der Waals surface area contributed by atoms with E-state index in [0.717, 1.165) is 54.3 Å². The minimum Gasteiger partial charge on any atom is -0.480 e. The summed E-state index contributed by atoms with van der Waals surface area (Å²) >= 11 is 0. The number of hydrogen-bond donors (Lipinski definition) is 1. The van der Waals surface area contributed by atoms with Gasteiger partial charge >= 0.3 is 5.97 Å². The lowest BCUT2D eigenvalue weighted by atomic mass is 9.44. The highest BCUT2D eigenvalue weighted by Gasteiger charge is 2.60. The number of rotatable bonds is 8. The van der Waals surface area contributed by atoms with Crippen molar-refractivity contribution in [2.45, 2.75) is 118 Å². The first-order valence-corrected chi connectivity index (χ1v) is 14.0. The maximum atomic E-state index is 10.9. The second kappa shape index (κ2) is 9.59. The van der Waals surface area contributed by atoms with Crippen molar-refractivity contribution in [1.82, 2.24) is 0 Å². The van der Waals surface area contributed by atoms with Crippen LogP contribution < -0.4 is 0 Å². The average Bonchev–Trinajstić information content (AvgIpc) is 3.09. The average molecular weight is 447 g/mol. The number of carbonyl (C=O) groups is 1. The number of aliphatic carboxylic acids is 1. The molecular weight excluding hydrogens is 396 g/mol. The van der Waals surface area contributed by atoms with Crippen LogP contribution in [0.25, 0.3) is 0 Å². The van der Waals surface area contributed by atoms with Crippen LogP contribution in [0.3, 0.4) is 0 Å². The molecule has 0 bridgehead atoms. The summed E-state index contributed by atoms with van der Waals surface area (Å²) in [5, 5.41) is 9.00. The first-order valence-electron chi connectivity index (χ1n) is 14.0. The molecule has 4 saturated carbocycles. The van der Waals surface area contributed by atoms with Crippen LogP contribution in [0.4, 0.5) is 0 Å². The van der Waals surface area contributed by atoms with E-state index in [1.54, 1.807) is 0 Å². The predicted octanol–water partition coefficient (Wildman–Crippen LogP) is 7.58. The zero-order valence-corrected chi connectivity index (χ0v) is 21.6. The van der Waals surface area contributed by atoms with Crippen molar-refractivity contribution in [3.05, 3.63) is 0 Å². The molecular formula is C29H50O3. The topological polar surface area (TPSA) is 46.5 Å². The smallest absolute Gasteiger partial charge is 0.329 e. The number of carboxylic acids is 1. The summed E-state index contributed by atoms with van der Waals surface area (Å²) in [6.07, 6.45) is 16.3. The van der Waals surface area contributed by atoms with E-state index < -0.39 is 5.97 Å². The number of carboxylic acid groups (broad SMARTS) is 1. The molecule has 0 radical (unpaired) electrons. The van der Waals surface area contributed by atoms with Crippen molar-refractivity contribution >= 4 is 5.97 Å². The van der Waals surface area contributed by atoms with Crippen molar-refractivity contribution < 1.29 is 14.6 Å². The van der Waals surface area contributed by atoms with Crippen molar-refractivity contribution in [2.75, 3.05) is 6.61 Å². The van der Waals surface area contributed by atoms with Gasteiger partial charge in [-0.1, -0.05) is 53.9 Å². The van der Waals surface area contributed by atoms with Crippen LogP contribution in [0.1, 0.15) is 112 Å². The van der Waals surface area contributed by atoms with E-state index in [1.807, 2.05) is 0 Å². The summed E-state index contributed by atoms with van der Waals surface area (Å²) < 4.78 is 5.75. The Balaban J connectivity index is 1.41. The standard InChI is InChI=1S/C29H50O3/c1-19(2)7-6-8-20(3)24-11-12-25-23-10-9-21-17-22(32-18-27(30)31)13-15-28(21,4)26(23)14-16-29(24,25)5/h19-26H,6-18H2,1-5H3,(H,30,31)/t20-,21?,22?,23?,24-,25?,26?,28+,29-/m1/s1. The summed E-state index contributed by atoms with van der Waals surface area (Å²) in [5.41, 5.74) is 1.03. The molecule has 5 unspecified atom stereocenters. The van der Waals surface area contributed by atoms with Gasteiger partial charge < -0.3 is 9.84 Å². The molecule has 1 N–H and O–H groups in total. The monoisotopic (exact) mass is 446 g/mol. The maximum Gasteiger partial charge on any atom is 0.329 e. The fraction of sp³-hybridized carbons (Fsp3) is 0.966. The van der Waals surface area contributed by atoms with E-state index in [4.69, 9.17) is 9.84 Å². The van der Waals surface area contributed by atoms with Crippen molar-refractivity contribution in [3.63, 3.8) is 0 Å². The van der Waals surface area contributed by atoms with Crippen LogP contribution >= 0.6 is 0 Å². The third kappa shape index (κ3) is 4.53. The zero-order chi connectivity index (χ0) is 23.1. The highest BCUT2D eigenvalue weighted by molar-refractivity contribution is 5.68. The number of hydrogen-bond acceptors (Lipinski definition) is 2. The molecule has 0 spiro atoms. The molecule has 0 aromatic carbocycles. The van der Waals surface area contributed by atoms with Crippen molar-refractivity contribution in [3.8, 4) is 0 Å². The molecule has 9 atom stereocenters. The SMILES string of the molecule is CC(C)CCC[C@@H](C)[C@H]1CCC2C3CCC4CC(OCC(=O)O)CC[C@]4(C)C3CC[C@@]21C. The molecule has 3 heteroatoms. The molecule has 0 saturated heterocycles. The molecule has 4 aliphatic rings. The van der Waals surface area contributed by atoms with E-state index >= 15 is 0 Å². The number of fused-ring (bicyclic) bond motifs is 5. The third-order valence-corrected chi connectivity index (χ3v) is 11.3. The molecule has 0 aromatic rings. The highest BCUT2D eigenvalue weighted by atomic mass is 16.5. The van der Waals surface area contributed by atoms with Crippen LogP contribution in [0.15, 0.2) is 0 Å². The Kier molecular flexibility index (Phi) is 7.36. The molecule has 184 valence electrons. The third-order valence-electron chi connectivity index (χ3n) is 11.3. The molecule has 3 nitrogen and oxygen atoms in total. The molecule has 4 fully saturated rings. The molecule has 4 rings (SSSR count). The lowest BCUT2D eigenvalue weighted by molar-refractivity contribution is -0.153. The summed E-state index contributed by atoms with van der Waals surface area (Å²) in [6, 6.07) is 0. The van der Waals surface area contributed by atoms with Crippen LogP contribution in [-0.4, -0.2) is 23.8 Å². The van der Waals surface area contributed by atoms with E-state index in [-0.39, 0.29) is 12.7 Å². The fourth-order valence-corrected chi connectivity index (χ4v) is 9.58. The Bertz CT molecular complexity index is 659. The molecule has 0 aliphatic heterocycles. The minimum absolute atomic E-state index is 0.128. The van der Waals surface area contributed by atoms with Crippen molar-refractivity contribution in [1.29, 1.82) is 0 Å². The maximum absolute atomic E-state index is 10.9. The van der Waals surface area contributed by atoms with Crippen LogP contribution in [0.2, 0.25) is 0 Å². The number of ether oxygens (including phenoxy) is 1. The van der Waals surface area contributed by atoms with E-state index in [9.17, 15) is 4.79 Å². The Morgan fingerprint density at radius 2 is 1.66 bits per heavy atom. The lowest BCUT2D eigenvalue weighted by Gasteiger charge is -2.61. The Morgan fingerprint density at radius 3 is 2.38 bits per heavy atom. The quantitative estimate of drug-likeness (QED) is 0.418. The summed E-state index contributed by atoms with van der Waals surface area (Å²) in [4.78, 5) is 10.9. The second-order valence-electron chi connectivity index (χ2n) is 13.3. The normalized spacial score (nSPS) is 44.6. The Hall–Kier alpha value is -0.570. The summed E-state index contributed by atoms with van der Waals surface area (Å²) in [7, 11) is 0. The molecule has 0 aromatic heterocycles. The first-order chi connectivity index (χ1) is 15.1. The van der Waals surface area contributed by atoms with Gasteiger partial charge in [0.1, 0.15) is 6.61 Å². The Morgan fingerprint density at radius 1 is 0.938 bits per heavy atom. The molecule has 4 aliphatic carbocycles. The van der Waals surface area contributed by atoms with Gasteiger partial charge in [0.05, 0.1) is 6.10 Å². The van der Waals surface area contributed by atoms with Gasteiger partial charge in [0.25, 0.3) is 0 Å². The van der Waals surface area contributed by atoms with Gasteiger partial charge in [0, 0.05) is 0 Å². The van der Waals surface area contributed by atoms with Crippen LogP contribution in [-0.2, 0) is 9.53 Å². The lowest BCUT2D eigenvalue weighted by Crippen LogP contribution is -2.54. The van der Waals surface area contributed by atoms with Crippen LogP contribution in [0, 0.1) is 52.3 Å². The van der Waals surface area contributed by atoms with E-state index in [2.05, 4.69) is 34.6 Å². The zero-order valence-electron chi connectivity index (χ0n) is 21.6. The molecule has 32 heavy (non-hydrogen) atoms. The van der Waals surface area contributed by atoms with Gasteiger partial charge in [0.2, 0.25) is 0 Å². The highest BCUT2D eigenvalue weighted by Crippen LogP contribution is 2.68. The van der Waals surface area contributed by atoms with E-state index in [0.29, 0.717) is 10.8 Å². The van der Waals surface area contributed by atoms with Gasteiger partial charge in [-0.25, -0.2) is 4.79 Å². The summed E-state index contributed by atoms with van der Waals surface area (Å²) in [5.74, 6) is 5.31. The van der Waals surface area contributed by atoms with Gasteiger partial charge in [-0.15, -0.1) is 0 Å². The molecule has 0 amide bonds. The summed E-state index contributed by atoms with van der Waals surface area (Å²) in [6.45, 7) is 12.5. The first kappa shape index (κ1) is 24.6. The van der Waals surface area contributed by atoms with E-state index in [1.165, 1.54) is 64.2 Å². The van der Waals surface area contributed by atoms with Gasteiger partial charge in [0.15, 0.2) is 0 Å². The fourth-order valence-electron chi connectivity index (χ4n) is 9.58. The predicted molar refractivity (Wildman–Crippen MR) is 130 cm³/mol. The second-order valence-corrected chi connectivity index (χ2v) is 13.3. The Labute approximate surface area is 197 Å². The minimum atomic E-state index is -0.831. The van der Waals surface area contributed by atoms with Crippen molar-refractivity contribution in [2.24, 2.45) is 52.3 Å². The van der Waals surface area contributed by atoms with Gasteiger partial charge in [-0.05, 0) is 110 Å². The molecule has 0 heterocycles. The van der Waals surface area contributed by atoms with Gasteiger partial charge in [-0.3, -0.25) is 0 Å². The largest absolute Gasteiger partial charge is 0.480 e. The van der Waals surface area contributed by atoms with Gasteiger partial charge in [-0.2, -0.15) is 0 Å².